The molecule has 176 valence electrons. The summed E-state index contributed by atoms with van der Waals surface area (Å²) in [6.07, 6.45) is 2.63. The smallest absolute Gasteiger partial charge is 0.278 e. The minimum absolute atomic E-state index is 0.115. The first kappa shape index (κ1) is 22.3. The van der Waals surface area contributed by atoms with Gasteiger partial charge in [-0.05, 0) is 62.2 Å². The van der Waals surface area contributed by atoms with Gasteiger partial charge in [-0.2, -0.15) is 4.98 Å². The van der Waals surface area contributed by atoms with E-state index in [1.165, 1.54) is 11.1 Å². The predicted molar refractivity (Wildman–Crippen MR) is 135 cm³/mol. The van der Waals surface area contributed by atoms with Gasteiger partial charge in [-0.15, -0.1) is 0 Å². The fraction of sp³-hybridized carbons (Fsp3) is 0.385. The number of hydrogen-bond donors (Lipinski definition) is 2. The van der Waals surface area contributed by atoms with Crippen molar-refractivity contribution in [3.8, 4) is 5.82 Å². The van der Waals surface area contributed by atoms with Crippen molar-refractivity contribution < 1.29 is 0 Å². The lowest BCUT2D eigenvalue weighted by atomic mass is 9.92. The molecule has 1 aliphatic heterocycles. The number of rotatable bonds is 4. The quantitative estimate of drug-likeness (QED) is 0.476. The first-order chi connectivity index (χ1) is 16.3. The lowest BCUT2D eigenvalue weighted by molar-refractivity contribution is 0.541. The van der Waals surface area contributed by atoms with Crippen molar-refractivity contribution in [3.63, 3.8) is 0 Å². The average Bonchev–Trinajstić information content (AvgIpc) is 3.10. The zero-order chi connectivity index (χ0) is 24.0. The summed E-state index contributed by atoms with van der Waals surface area (Å²) in [7, 11) is 0. The topological polar surface area (TPSA) is 89.7 Å². The maximum atomic E-state index is 13.1. The summed E-state index contributed by atoms with van der Waals surface area (Å²) in [6, 6.07) is 12.6. The van der Waals surface area contributed by atoms with Crippen molar-refractivity contribution in [1.29, 1.82) is 0 Å². The van der Waals surface area contributed by atoms with E-state index in [0.29, 0.717) is 35.4 Å². The Bertz CT molecular complexity index is 1430. The van der Waals surface area contributed by atoms with Gasteiger partial charge < -0.3 is 10.6 Å². The average molecular weight is 458 g/mol. The molecule has 0 fully saturated rings. The second-order valence-electron chi connectivity index (χ2n) is 9.86. The van der Waals surface area contributed by atoms with E-state index < -0.39 is 0 Å². The van der Waals surface area contributed by atoms with Crippen LogP contribution in [0, 0.1) is 0 Å². The molecule has 0 amide bonds. The number of hydrogen-bond acceptors (Lipinski definition) is 6. The molecule has 8 nitrogen and oxygen atoms in total. The van der Waals surface area contributed by atoms with Gasteiger partial charge in [0.2, 0.25) is 5.95 Å². The van der Waals surface area contributed by atoms with Gasteiger partial charge in [-0.1, -0.05) is 32.9 Å². The van der Waals surface area contributed by atoms with Crippen molar-refractivity contribution in [2.75, 3.05) is 11.9 Å². The van der Waals surface area contributed by atoms with Crippen molar-refractivity contribution in [3.05, 3.63) is 69.8 Å². The Balaban J connectivity index is 1.60. The van der Waals surface area contributed by atoms with E-state index in [0.717, 1.165) is 24.3 Å². The number of nitrogens with zero attached hydrogens (tertiary/aromatic N) is 5. The largest absolute Gasteiger partial charge is 0.324 e. The Kier molecular flexibility index (Phi) is 5.48. The summed E-state index contributed by atoms with van der Waals surface area (Å²) in [5.74, 6) is 1.11. The Labute approximate surface area is 199 Å². The zero-order valence-electron chi connectivity index (χ0n) is 20.4. The van der Waals surface area contributed by atoms with Crippen molar-refractivity contribution in [1.82, 2.24) is 29.6 Å². The third kappa shape index (κ3) is 3.88. The Morgan fingerprint density at radius 3 is 2.76 bits per heavy atom. The molecule has 0 aliphatic carbocycles. The number of nitrogens with one attached hydrogen (secondary N) is 2. The fourth-order valence-corrected chi connectivity index (χ4v) is 4.53. The highest BCUT2D eigenvalue weighted by Gasteiger charge is 2.21. The third-order valence-corrected chi connectivity index (χ3v) is 6.41. The molecule has 3 aromatic heterocycles. The van der Waals surface area contributed by atoms with E-state index in [-0.39, 0.29) is 11.0 Å². The third-order valence-electron chi connectivity index (χ3n) is 6.41. The normalized spacial score (nSPS) is 16.0. The predicted octanol–water partition coefficient (Wildman–Crippen LogP) is 4.24. The van der Waals surface area contributed by atoms with Crippen LogP contribution in [0.4, 0.5) is 11.6 Å². The molecule has 0 spiro atoms. The van der Waals surface area contributed by atoms with E-state index in [1.54, 1.807) is 15.6 Å². The van der Waals surface area contributed by atoms with Crippen molar-refractivity contribution >= 4 is 22.7 Å². The number of pyridine rings is 1. The van der Waals surface area contributed by atoms with Crippen LogP contribution in [0.2, 0.25) is 0 Å². The number of anilines is 2. The molecule has 4 aromatic rings. The highest BCUT2D eigenvalue weighted by molar-refractivity contribution is 5.77. The van der Waals surface area contributed by atoms with Crippen LogP contribution < -0.4 is 16.2 Å². The van der Waals surface area contributed by atoms with Gasteiger partial charge in [0.1, 0.15) is 5.39 Å². The maximum absolute atomic E-state index is 13.1. The van der Waals surface area contributed by atoms with Crippen LogP contribution in [-0.2, 0) is 18.4 Å². The van der Waals surface area contributed by atoms with Crippen LogP contribution in [0.25, 0.3) is 16.9 Å². The van der Waals surface area contributed by atoms with Crippen molar-refractivity contribution in [2.45, 2.75) is 59.0 Å². The molecule has 0 radical (unpaired) electrons. The Hall–Kier alpha value is -3.52. The molecule has 5 rings (SSSR count). The van der Waals surface area contributed by atoms with Crippen LogP contribution in [-0.4, -0.2) is 30.9 Å². The highest BCUT2D eigenvalue weighted by atomic mass is 16.1. The van der Waals surface area contributed by atoms with Gasteiger partial charge in [-0.3, -0.25) is 4.79 Å². The molecule has 1 unspecified atom stereocenters. The number of aromatic nitrogens is 5. The van der Waals surface area contributed by atoms with Gasteiger partial charge in [0.05, 0.1) is 0 Å². The number of benzene rings is 1. The second-order valence-corrected chi connectivity index (χ2v) is 9.86. The Morgan fingerprint density at radius 2 is 2.00 bits per heavy atom. The van der Waals surface area contributed by atoms with Gasteiger partial charge in [0.25, 0.3) is 5.56 Å². The summed E-state index contributed by atoms with van der Waals surface area (Å²) in [4.78, 5) is 27.2. The molecule has 1 atom stereocenters. The van der Waals surface area contributed by atoms with Crippen LogP contribution in [0.15, 0.2) is 47.4 Å². The molecule has 0 bridgehead atoms. The Morgan fingerprint density at radius 1 is 1.18 bits per heavy atom. The first-order valence-corrected chi connectivity index (χ1v) is 11.9. The molecule has 4 heterocycles. The monoisotopic (exact) mass is 457 g/mol. The molecule has 34 heavy (non-hydrogen) atoms. The lowest BCUT2D eigenvalue weighted by Crippen LogP contribution is -2.27. The molecular formula is C26H31N7O. The van der Waals surface area contributed by atoms with Crippen LogP contribution in [0.3, 0.4) is 0 Å². The summed E-state index contributed by atoms with van der Waals surface area (Å²) >= 11 is 0. The molecule has 1 aromatic carbocycles. The lowest BCUT2D eigenvalue weighted by Gasteiger charge is -2.24. The molecular weight excluding hydrogens is 426 g/mol. The van der Waals surface area contributed by atoms with E-state index in [9.17, 15) is 4.79 Å². The molecule has 8 heteroatoms. The van der Waals surface area contributed by atoms with Crippen molar-refractivity contribution in [2.24, 2.45) is 0 Å². The highest BCUT2D eigenvalue weighted by Crippen LogP contribution is 2.27. The first-order valence-electron chi connectivity index (χ1n) is 11.9. The molecule has 0 saturated heterocycles. The van der Waals surface area contributed by atoms with E-state index in [1.807, 2.05) is 25.1 Å². The van der Waals surface area contributed by atoms with Crippen LogP contribution in [0.1, 0.15) is 57.5 Å². The summed E-state index contributed by atoms with van der Waals surface area (Å²) < 4.78 is 3.46. The molecule has 0 saturated carbocycles. The van der Waals surface area contributed by atoms with Gasteiger partial charge >= 0.3 is 0 Å². The van der Waals surface area contributed by atoms with Crippen LogP contribution >= 0.6 is 0 Å². The van der Waals surface area contributed by atoms with E-state index in [4.69, 9.17) is 9.97 Å². The molecule has 1 aliphatic rings. The standard InChI is InChI=1S/C26H31N7O/c1-6-32-24(34)20-15-28-25(29-18-11-10-17-12-13-27-16(2)19(17)14-18)31-23(20)33(32)22-9-7-8-21(30-22)26(3,4)5/h7-11,14-16,27H,6,12-13H2,1-5H3,(H,28,29,31). The summed E-state index contributed by atoms with van der Waals surface area (Å²) in [6.45, 7) is 12.0. The zero-order valence-corrected chi connectivity index (χ0v) is 20.4. The summed E-state index contributed by atoms with van der Waals surface area (Å²) in [5, 5.41) is 7.31. The minimum atomic E-state index is -0.124. The van der Waals surface area contributed by atoms with E-state index >= 15 is 0 Å². The minimum Gasteiger partial charge on any atom is -0.324 e. The fourth-order valence-electron chi connectivity index (χ4n) is 4.53. The summed E-state index contributed by atoms with van der Waals surface area (Å²) in [5.41, 5.74) is 4.82. The van der Waals surface area contributed by atoms with Gasteiger partial charge in [0.15, 0.2) is 11.5 Å². The van der Waals surface area contributed by atoms with E-state index in [2.05, 4.69) is 61.5 Å². The second kappa shape index (κ2) is 8.36. The number of fused-ring (bicyclic) bond motifs is 2. The maximum Gasteiger partial charge on any atom is 0.278 e. The molecule has 2 N–H and O–H groups in total. The van der Waals surface area contributed by atoms with Gasteiger partial charge in [-0.25, -0.2) is 19.3 Å². The van der Waals surface area contributed by atoms with Crippen LogP contribution in [0.5, 0.6) is 0 Å². The van der Waals surface area contributed by atoms with Gasteiger partial charge in [0, 0.05) is 35.6 Å². The SMILES string of the molecule is CCn1c(=O)c2cnc(Nc3ccc4c(c3)C(C)NCC4)nc2n1-c1cccc(C(C)(C)C)n1.